The Morgan fingerprint density at radius 1 is 1.10 bits per heavy atom. The summed E-state index contributed by atoms with van der Waals surface area (Å²) in [5, 5.41) is 3.46. The SMILES string of the molecule is COc1cccc(CNCc2ccc3c(c2)CCO3)c1. The molecule has 1 aliphatic rings. The van der Waals surface area contributed by atoms with Crippen LogP contribution < -0.4 is 14.8 Å². The molecule has 0 unspecified atom stereocenters. The van der Waals surface area contributed by atoms with Crippen LogP contribution in [0.4, 0.5) is 0 Å². The van der Waals surface area contributed by atoms with Crippen molar-refractivity contribution in [1.29, 1.82) is 0 Å². The van der Waals surface area contributed by atoms with Gasteiger partial charge in [0.2, 0.25) is 0 Å². The van der Waals surface area contributed by atoms with Crippen LogP contribution in [0.3, 0.4) is 0 Å². The lowest BCUT2D eigenvalue weighted by Gasteiger charge is -2.08. The minimum Gasteiger partial charge on any atom is -0.497 e. The van der Waals surface area contributed by atoms with Gasteiger partial charge in [-0.25, -0.2) is 0 Å². The van der Waals surface area contributed by atoms with E-state index in [9.17, 15) is 0 Å². The van der Waals surface area contributed by atoms with Crippen molar-refractivity contribution in [3.05, 3.63) is 59.2 Å². The van der Waals surface area contributed by atoms with Gasteiger partial charge < -0.3 is 14.8 Å². The molecule has 0 saturated heterocycles. The number of hydrogen-bond donors (Lipinski definition) is 1. The molecule has 2 aromatic carbocycles. The Morgan fingerprint density at radius 2 is 1.95 bits per heavy atom. The van der Waals surface area contributed by atoms with Gasteiger partial charge in [0.05, 0.1) is 13.7 Å². The van der Waals surface area contributed by atoms with Gasteiger partial charge in [0.1, 0.15) is 11.5 Å². The second-order valence-corrected chi connectivity index (χ2v) is 5.00. The van der Waals surface area contributed by atoms with Crippen molar-refractivity contribution in [2.75, 3.05) is 13.7 Å². The number of fused-ring (bicyclic) bond motifs is 1. The lowest BCUT2D eigenvalue weighted by atomic mass is 10.1. The van der Waals surface area contributed by atoms with Gasteiger partial charge in [-0.2, -0.15) is 0 Å². The van der Waals surface area contributed by atoms with Crippen LogP contribution in [0.25, 0.3) is 0 Å². The summed E-state index contributed by atoms with van der Waals surface area (Å²) >= 11 is 0. The second-order valence-electron chi connectivity index (χ2n) is 5.00. The maximum atomic E-state index is 5.52. The van der Waals surface area contributed by atoms with Crippen LogP contribution in [0.1, 0.15) is 16.7 Å². The summed E-state index contributed by atoms with van der Waals surface area (Å²) in [6.45, 7) is 2.52. The fraction of sp³-hybridized carbons (Fsp3) is 0.294. The average Bonchev–Trinajstić information content (AvgIpc) is 2.95. The maximum Gasteiger partial charge on any atom is 0.122 e. The van der Waals surface area contributed by atoms with Crippen molar-refractivity contribution in [1.82, 2.24) is 5.32 Å². The fourth-order valence-electron chi connectivity index (χ4n) is 2.48. The summed E-state index contributed by atoms with van der Waals surface area (Å²) in [6, 6.07) is 14.6. The van der Waals surface area contributed by atoms with Crippen LogP contribution in [0, 0.1) is 0 Å². The smallest absolute Gasteiger partial charge is 0.122 e. The topological polar surface area (TPSA) is 30.5 Å². The van der Waals surface area contributed by atoms with Crippen molar-refractivity contribution < 1.29 is 9.47 Å². The van der Waals surface area contributed by atoms with Gasteiger partial charge in [-0.3, -0.25) is 0 Å². The highest BCUT2D eigenvalue weighted by atomic mass is 16.5. The first-order valence-corrected chi connectivity index (χ1v) is 6.93. The lowest BCUT2D eigenvalue weighted by molar-refractivity contribution is 0.357. The molecule has 0 saturated carbocycles. The first-order valence-electron chi connectivity index (χ1n) is 6.93. The molecule has 0 fully saturated rings. The van der Waals surface area contributed by atoms with Gasteiger partial charge in [-0.05, 0) is 34.9 Å². The molecule has 0 amide bonds. The number of rotatable bonds is 5. The molecule has 2 aromatic rings. The van der Waals surface area contributed by atoms with Crippen LogP contribution in [0.15, 0.2) is 42.5 Å². The Labute approximate surface area is 119 Å². The summed E-state index contributed by atoms with van der Waals surface area (Å²) in [7, 11) is 1.69. The number of benzene rings is 2. The maximum absolute atomic E-state index is 5.52. The largest absolute Gasteiger partial charge is 0.497 e. The number of methoxy groups -OCH3 is 1. The quantitative estimate of drug-likeness (QED) is 0.905. The van der Waals surface area contributed by atoms with E-state index in [2.05, 4.69) is 35.6 Å². The van der Waals surface area contributed by atoms with Crippen LogP contribution in [0.5, 0.6) is 11.5 Å². The van der Waals surface area contributed by atoms with Crippen molar-refractivity contribution in [3.63, 3.8) is 0 Å². The van der Waals surface area contributed by atoms with E-state index in [0.717, 1.165) is 37.6 Å². The number of ether oxygens (including phenoxy) is 2. The van der Waals surface area contributed by atoms with Crippen molar-refractivity contribution in [3.8, 4) is 11.5 Å². The van der Waals surface area contributed by atoms with Crippen molar-refractivity contribution >= 4 is 0 Å². The van der Waals surface area contributed by atoms with E-state index >= 15 is 0 Å². The first kappa shape index (κ1) is 13.0. The number of hydrogen-bond acceptors (Lipinski definition) is 3. The zero-order valence-corrected chi connectivity index (χ0v) is 11.7. The molecule has 1 heterocycles. The highest BCUT2D eigenvalue weighted by Gasteiger charge is 2.11. The third kappa shape index (κ3) is 2.94. The predicted molar refractivity (Wildman–Crippen MR) is 79.2 cm³/mol. The Balaban J connectivity index is 1.57. The minimum atomic E-state index is 0.816. The minimum absolute atomic E-state index is 0.816. The van der Waals surface area contributed by atoms with Gasteiger partial charge >= 0.3 is 0 Å². The Bertz CT molecular complexity index is 595. The van der Waals surface area contributed by atoms with Crippen LogP contribution in [-0.2, 0) is 19.5 Å². The zero-order valence-electron chi connectivity index (χ0n) is 11.7. The molecule has 104 valence electrons. The van der Waals surface area contributed by atoms with Gasteiger partial charge in [0, 0.05) is 19.5 Å². The third-order valence-corrected chi connectivity index (χ3v) is 3.55. The lowest BCUT2D eigenvalue weighted by Crippen LogP contribution is -2.12. The molecule has 20 heavy (non-hydrogen) atoms. The molecule has 3 rings (SSSR count). The van der Waals surface area contributed by atoms with E-state index in [1.165, 1.54) is 16.7 Å². The van der Waals surface area contributed by atoms with Gasteiger partial charge in [0.25, 0.3) is 0 Å². The van der Waals surface area contributed by atoms with Crippen LogP contribution in [0.2, 0.25) is 0 Å². The molecule has 0 aromatic heterocycles. The zero-order chi connectivity index (χ0) is 13.8. The molecule has 1 aliphatic heterocycles. The highest BCUT2D eigenvalue weighted by Crippen LogP contribution is 2.25. The molecule has 1 N–H and O–H groups in total. The Kier molecular flexibility index (Phi) is 3.88. The van der Waals surface area contributed by atoms with Crippen molar-refractivity contribution in [2.45, 2.75) is 19.5 Å². The summed E-state index contributed by atoms with van der Waals surface area (Å²) < 4.78 is 10.7. The predicted octanol–water partition coefficient (Wildman–Crippen LogP) is 2.92. The standard InChI is InChI=1S/C17H19NO2/c1-19-16-4-2-3-13(10-16)11-18-12-14-5-6-17-15(9-14)7-8-20-17/h2-6,9-10,18H,7-8,11-12H2,1H3. The molecule has 0 atom stereocenters. The normalized spacial score (nSPS) is 12.8. The highest BCUT2D eigenvalue weighted by molar-refractivity contribution is 5.39. The van der Waals surface area contributed by atoms with E-state index in [-0.39, 0.29) is 0 Å². The summed E-state index contributed by atoms with van der Waals surface area (Å²) in [5.41, 5.74) is 3.86. The van der Waals surface area contributed by atoms with Gasteiger partial charge in [-0.1, -0.05) is 24.3 Å². The molecule has 3 heteroatoms. The molecular weight excluding hydrogens is 250 g/mol. The van der Waals surface area contributed by atoms with E-state index in [0.29, 0.717) is 0 Å². The fourth-order valence-corrected chi connectivity index (χ4v) is 2.48. The van der Waals surface area contributed by atoms with Crippen LogP contribution in [-0.4, -0.2) is 13.7 Å². The summed E-state index contributed by atoms with van der Waals surface area (Å²) in [6.07, 6.45) is 1.03. The van der Waals surface area contributed by atoms with Gasteiger partial charge in [0.15, 0.2) is 0 Å². The average molecular weight is 269 g/mol. The monoisotopic (exact) mass is 269 g/mol. The van der Waals surface area contributed by atoms with E-state index in [4.69, 9.17) is 9.47 Å². The molecule has 0 spiro atoms. The summed E-state index contributed by atoms with van der Waals surface area (Å²) in [5.74, 6) is 1.94. The van der Waals surface area contributed by atoms with Crippen LogP contribution >= 0.6 is 0 Å². The summed E-state index contributed by atoms with van der Waals surface area (Å²) in [4.78, 5) is 0. The van der Waals surface area contributed by atoms with E-state index in [1.807, 2.05) is 12.1 Å². The number of nitrogens with one attached hydrogen (secondary N) is 1. The second kappa shape index (κ2) is 5.97. The molecule has 0 bridgehead atoms. The molecule has 3 nitrogen and oxygen atoms in total. The Morgan fingerprint density at radius 3 is 2.80 bits per heavy atom. The molecule has 0 radical (unpaired) electrons. The third-order valence-electron chi connectivity index (χ3n) is 3.55. The Hall–Kier alpha value is -2.00. The molecule has 0 aliphatic carbocycles. The van der Waals surface area contributed by atoms with Gasteiger partial charge in [-0.15, -0.1) is 0 Å². The van der Waals surface area contributed by atoms with E-state index in [1.54, 1.807) is 7.11 Å². The van der Waals surface area contributed by atoms with Crippen molar-refractivity contribution in [2.24, 2.45) is 0 Å². The molecular formula is C17H19NO2. The van der Waals surface area contributed by atoms with E-state index < -0.39 is 0 Å². The first-order chi connectivity index (χ1) is 9.85.